The molecule has 0 unspecified atom stereocenters. The summed E-state index contributed by atoms with van der Waals surface area (Å²) in [7, 11) is 1.75. The highest BCUT2D eigenvalue weighted by atomic mass is 16.2. The van der Waals surface area contributed by atoms with E-state index in [-0.39, 0.29) is 36.6 Å². The van der Waals surface area contributed by atoms with Crippen LogP contribution in [-0.2, 0) is 16.6 Å². The number of nitrogens with one attached hydrogen (secondary N) is 3. The highest BCUT2D eigenvalue weighted by Crippen LogP contribution is 2.14. The largest absolute Gasteiger partial charge is 0.349 e. The number of likely N-dealkylation sites (tertiary alicyclic amines) is 1. The summed E-state index contributed by atoms with van der Waals surface area (Å²) in [5.41, 5.74) is 0.517. The summed E-state index contributed by atoms with van der Waals surface area (Å²) in [4.78, 5) is 48.7. The van der Waals surface area contributed by atoms with Crippen molar-refractivity contribution in [2.24, 2.45) is 7.05 Å². The number of urea groups is 1. The Labute approximate surface area is 150 Å². The first-order chi connectivity index (χ1) is 12.4. The predicted octanol–water partition coefficient (Wildman–Crippen LogP) is -0.871. The fraction of sp³-hybridized carbons (Fsp3) is 0.562. The predicted molar refractivity (Wildman–Crippen MR) is 90.0 cm³/mol. The first kappa shape index (κ1) is 17.9. The molecule has 26 heavy (non-hydrogen) atoms. The third-order valence-corrected chi connectivity index (χ3v) is 4.66. The summed E-state index contributed by atoms with van der Waals surface area (Å²) in [6.45, 7) is 1.11. The Bertz CT molecular complexity index is 722. The highest BCUT2D eigenvalue weighted by molar-refractivity contribution is 6.04. The molecule has 2 aliphatic rings. The number of carbonyl (C=O) groups is 4. The van der Waals surface area contributed by atoms with Crippen LogP contribution in [0.5, 0.6) is 0 Å². The van der Waals surface area contributed by atoms with Gasteiger partial charge in [-0.25, -0.2) is 4.79 Å². The molecule has 0 saturated carbocycles. The van der Waals surface area contributed by atoms with Crippen molar-refractivity contribution >= 4 is 23.8 Å². The first-order valence-electron chi connectivity index (χ1n) is 8.61. The smallest absolute Gasteiger partial charge is 0.322 e. The molecule has 1 aromatic rings. The van der Waals surface area contributed by atoms with Gasteiger partial charge in [-0.05, 0) is 19.3 Å². The number of imide groups is 1. The van der Waals surface area contributed by atoms with Crippen LogP contribution >= 0.6 is 0 Å². The van der Waals surface area contributed by atoms with Crippen LogP contribution in [0.2, 0.25) is 0 Å². The van der Waals surface area contributed by atoms with Crippen LogP contribution in [0, 0.1) is 0 Å². The minimum atomic E-state index is -0.636. The van der Waals surface area contributed by atoms with E-state index in [9.17, 15) is 19.2 Å². The summed E-state index contributed by atoms with van der Waals surface area (Å²) >= 11 is 0. The minimum absolute atomic E-state index is 0.0201. The average Bonchev–Trinajstić information content (AvgIpc) is 3.18. The van der Waals surface area contributed by atoms with E-state index in [4.69, 9.17) is 0 Å². The monoisotopic (exact) mass is 362 g/mol. The normalized spacial score (nSPS) is 20.7. The van der Waals surface area contributed by atoms with E-state index in [0.717, 1.165) is 0 Å². The second-order valence-electron chi connectivity index (χ2n) is 6.59. The number of rotatable bonds is 5. The van der Waals surface area contributed by atoms with E-state index in [1.807, 2.05) is 0 Å². The Kier molecular flexibility index (Phi) is 5.19. The zero-order chi connectivity index (χ0) is 18.7. The molecule has 5 amide bonds. The molecule has 0 aromatic carbocycles. The lowest BCUT2D eigenvalue weighted by molar-refractivity contribution is -0.132. The molecule has 10 nitrogen and oxygen atoms in total. The van der Waals surface area contributed by atoms with Crippen molar-refractivity contribution in [1.82, 2.24) is 30.6 Å². The van der Waals surface area contributed by atoms with E-state index < -0.39 is 12.1 Å². The van der Waals surface area contributed by atoms with E-state index in [1.165, 1.54) is 6.20 Å². The fourth-order valence-corrected chi connectivity index (χ4v) is 3.17. The minimum Gasteiger partial charge on any atom is -0.349 e. The summed E-state index contributed by atoms with van der Waals surface area (Å²) in [5.74, 6) is -0.596. The van der Waals surface area contributed by atoms with Crippen molar-refractivity contribution in [2.75, 3.05) is 13.1 Å². The molecular weight excluding hydrogens is 340 g/mol. The van der Waals surface area contributed by atoms with E-state index in [2.05, 4.69) is 21.0 Å². The molecule has 2 saturated heterocycles. The lowest BCUT2D eigenvalue weighted by atomic mass is 10.0. The van der Waals surface area contributed by atoms with Gasteiger partial charge in [0.1, 0.15) is 6.04 Å². The topological polar surface area (TPSA) is 125 Å². The van der Waals surface area contributed by atoms with Gasteiger partial charge in [-0.15, -0.1) is 0 Å². The van der Waals surface area contributed by atoms with Crippen molar-refractivity contribution in [3.63, 3.8) is 0 Å². The van der Waals surface area contributed by atoms with Crippen molar-refractivity contribution in [1.29, 1.82) is 0 Å². The molecule has 0 spiro atoms. The van der Waals surface area contributed by atoms with Gasteiger partial charge in [0.2, 0.25) is 5.91 Å². The van der Waals surface area contributed by atoms with Gasteiger partial charge in [0.25, 0.3) is 11.8 Å². The number of hydrogen-bond donors (Lipinski definition) is 3. The van der Waals surface area contributed by atoms with Crippen molar-refractivity contribution in [3.05, 3.63) is 18.0 Å². The molecular formula is C16H22N6O4. The number of carbonyl (C=O) groups excluding carboxylic acids is 4. The van der Waals surface area contributed by atoms with Crippen LogP contribution in [0.1, 0.15) is 36.0 Å². The number of amides is 5. The average molecular weight is 362 g/mol. The van der Waals surface area contributed by atoms with Gasteiger partial charge in [0.05, 0.1) is 11.8 Å². The van der Waals surface area contributed by atoms with Crippen LogP contribution in [0.4, 0.5) is 4.79 Å². The third-order valence-electron chi connectivity index (χ3n) is 4.66. The molecule has 3 N–H and O–H groups in total. The Morgan fingerprint density at radius 1 is 1.31 bits per heavy atom. The molecule has 1 aromatic heterocycles. The summed E-state index contributed by atoms with van der Waals surface area (Å²) < 4.78 is 1.57. The van der Waals surface area contributed by atoms with Crippen LogP contribution in [0.3, 0.4) is 0 Å². The molecule has 0 bridgehead atoms. The lowest BCUT2D eigenvalue weighted by Crippen LogP contribution is -2.46. The van der Waals surface area contributed by atoms with Crippen LogP contribution in [0.25, 0.3) is 0 Å². The van der Waals surface area contributed by atoms with E-state index >= 15 is 0 Å². The number of hydrogen-bond acceptors (Lipinski definition) is 5. The van der Waals surface area contributed by atoms with Gasteiger partial charge in [0.15, 0.2) is 0 Å². The number of aryl methyl sites for hydroxylation is 1. The zero-order valence-electron chi connectivity index (χ0n) is 14.5. The molecule has 10 heteroatoms. The maximum absolute atomic E-state index is 12.3. The third kappa shape index (κ3) is 4.19. The summed E-state index contributed by atoms with van der Waals surface area (Å²) in [6, 6.07) is -1.13. The molecule has 2 aliphatic heterocycles. The molecule has 0 radical (unpaired) electrons. The maximum Gasteiger partial charge on any atom is 0.322 e. The second kappa shape index (κ2) is 7.54. The molecule has 2 fully saturated rings. The van der Waals surface area contributed by atoms with Gasteiger partial charge >= 0.3 is 6.03 Å². The molecule has 1 atom stereocenters. The van der Waals surface area contributed by atoms with Crippen LogP contribution in [-0.4, -0.2) is 63.6 Å². The SMILES string of the molecule is Cn1cc(C(=O)NC2CCN(C(=O)CC[C@H]3NC(=O)NC3=O)CC2)cn1. The summed E-state index contributed by atoms with van der Waals surface area (Å²) in [6.07, 6.45) is 5.02. The van der Waals surface area contributed by atoms with Crippen molar-refractivity contribution in [2.45, 2.75) is 37.8 Å². The Hall–Kier alpha value is -2.91. The van der Waals surface area contributed by atoms with Gasteiger partial charge < -0.3 is 15.5 Å². The number of aromatic nitrogens is 2. The lowest BCUT2D eigenvalue weighted by Gasteiger charge is -2.32. The highest BCUT2D eigenvalue weighted by Gasteiger charge is 2.31. The van der Waals surface area contributed by atoms with Gasteiger partial charge in [0, 0.05) is 38.8 Å². The Morgan fingerprint density at radius 2 is 2.04 bits per heavy atom. The standard InChI is InChI=1S/C16H22N6O4/c1-21-9-10(8-17-21)14(24)18-11-4-6-22(7-5-11)13(23)3-2-12-15(25)20-16(26)19-12/h8-9,11-12H,2-7H2,1H3,(H,18,24)(H2,19,20,25,26)/t12-/m1/s1. The fourth-order valence-electron chi connectivity index (χ4n) is 3.17. The van der Waals surface area contributed by atoms with Crippen molar-refractivity contribution < 1.29 is 19.2 Å². The first-order valence-corrected chi connectivity index (χ1v) is 8.61. The van der Waals surface area contributed by atoms with Crippen LogP contribution in [0.15, 0.2) is 12.4 Å². The molecule has 3 heterocycles. The van der Waals surface area contributed by atoms with E-state index in [1.54, 1.807) is 22.8 Å². The molecule has 3 rings (SSSR count). The Morgan fingerprint density at radius 3 is 2.62 bits per heavy atom. The van der Waals surface area contributed by atoms with Gasteiger partial charge in [-0.2, -0.15) is 5.10 Å². The maximum atomic E-state index is 12.3. The quantitative estimate of drug-likeness (QED) is 0.587. The molecule has 140 valence electrons. The number of nitrogens with zero attached hydrogens (tertiary/aromatic N) is 3. The number of piperidine rings is 1. The second-order valence-corrected chi connectivity index (χ2v) is 6.59. The Balaban J connectivity index is 1.40. The van der Waals surface area contributed by atoms with Gasteiger partial charge in [-0.3, -0.25) is 24.4 Å². The van der Waals surface area contributed by atoms with Gasteiger partial charge in [-0.1, -0.05) is 0 Å². The molecule has 0 aliphatic carbocycles. The summed E-state index contributed by atoms with van der Waals surface area (Å²) in [5, 5.41) is 11.6. The zero-order valence-corrected chi connectivity index (χ0v) is 14.5. The van der Waals surface area contributed by atoms with Crippen LogP contribution < -0.4 is 16.0 Å². The van der Waals surface area contributed by atoms with E-state index in [0.29, 0.717) is 31.5 Å². The van der Waals surface area contributed by atoms with Crippen molar-refractivity contribution in [3.8, 4) is 0 Å².